The van der Waals surface area contributed by atoms with E-state index in [-0.39, 0.29) is 45.0 Å². The lowest BCUT2D eigenvalue weighted by Crippen LogP contribution is -2.70. The van der Waals surface area contributed by atoms with Gasteiger partial charge in [0.15, 0.2) is 5.78 Å². The monoisotopic (exact) mass is 735 g/mol. The highest BCUT2D eigenvalue weighted by Crippen LogP contribution is 2.81. The Kier molecular flexibility index (Phi) is 10.1. The van der Waals surface area contributed by atoms with Gasteiger partial charge in [0.25, 0.3) is 0 Å². The Morgan fingerprint density at radius 1 is 0.885 bits per heavy atom. The van der Waals surface area contributed by atoms with E-state index >= 15 is 0 Å². The van der Waals surface area contributed by atoms with E-state index in [9.17, 15) is 19.5 Å². The largest absolute Gasteiger partial charge is 0.481 e. The van der Waals surface area contributed by atoms with Crippen molar-refractivity contribution < 1.29 is 24.2 Å². The topological polar surface area (TPSA) is 92.7 Å². The van der Waals surface area contributed by atoms with Crippen LogP contribution in [0.4, 0.5) is 0 Å². The van der Waals surface area contributed by atoms with Crippen molar-refractivity contribution in [3.63, 3.8) is 0 Å². The van der Waals surface area contributed by atoms with Gasteiger partial charge in [-0.05, 0) is 135 Å². The molecule has 8 atom stereocenters. The van der Waals surface area contributed by atoms with Crippen LogP contribution in [0.3, 0.4) is 0 Å². The minimum atomic E-state index is -1.15. The first kappa shape index (κ1) is 39.5. The highest BCUT2D eigenvalue weighted by Gasteiger charge is 2.74. The number of rotatable bonds is 10. The number of esters is 1. The quantitative estimate of drug-likeness (QED) is 0.184. The van der Waals surface area contributed by atoms with E-state index in [0.29, 0.717) is 36.6 Å². The van der Waals surface area contributed by atoms with Gasteiger partial charge in [0, 0.05) is 17.0 Å². The Hall–Kier alpha value is -2.18. The SMILES string of the molecule is CC(C)C1=C2C3CCC4(C)C5(C)CCC(OC(=O)CC(C)(C)C(=O)O)C(C)(C)C5CCC4(C)C3(C)CCC2(C(=O)CNCc2ccc(Cl)cc2)CC1. The molecule has 52 heavy (non-hydrogen) atoms. The number of halogens is 1. The maximum Gasteiger partial charge on any atom is 0.309 e. The zero-order valence-electron chi connectivity index (χ0n) is 33.8. The van der Waals surface area contributed by atoms with Gasteiger partial charge in [0.1, 0.15) is 6.10 Å². The molecule has 0 bridgehead atoms. The molecule has 0 heterocycles. The number of Topliss-reactive ketones (excluding diaryl/α,β-unsaturated/α-hetero) is 1. The summed E-state index contributed by atoms with van der Waals surface area (Å²) < 4.78 is 6.21. The number of carbonyl (C=O) groups excluding carboxylic acids is 2. The van der Waals surface area contributed by atoms with Gasteiger partial charge in [-0.15, -0.1) is 0 Å². The molecule has 0 spiro atoms. The average Bonchev–Trinajstić information content (AvgIpc) is 3.46. The van der Waals surface area contributed by atoms with Crippen LogP contribution in [0.5, 0.6) is 0 Å². The molecule has 1 aromatic carbocycles. The average molecular weight is 736 g/mol. The summed E-state index contributed by atoms with van der Waals surface area (Å²) >= 11 is 6.12. The van der Waals surface area contributed by atoms with Crippen LogP contribution < -0.4 is 5.32 Å². The second-order valence-electron chi connectivity index (χ2n) is 20.2. The van der Waals surface area contributed by atoms with Crippen LogP contribution in [0, 0.1) is 55.7 Å². The molecular weight excluding hydrogens is 670 g/mol. The van der Waals surface area contributed by atoms with Crippen LogP contribution in [-0.2, 0) is 25.7 Å². The first-order valence-corrected chi connectivity index (χ1v) is 20.6. The van der Waals surface area contributed by atoms with Crippen LogP contribution in [0.15, 0.2) is 35.4 Å². The van der Waals surface area contributed by atoms with Crippen molar-refractivity contribution in [3.05, 3.63) is 46.0 Å². The molecule has 8 unspecified atom stereocenters. The van der Waals surface area contributed by atoms with Crippen molar-refractivity contribution in [1.82, 2.24) is 5.32 Å². The molecule has 5 aliphatic carbocycles. The Bertz CT molecular complexity index is 1630. The predicted molar refractivity (Wildman–Crippen MR) is 208 cm³/mol. The number of hydrogen-bond acceptors (Lipinski definition) is 5. The molecule has 0 aromatic heterocycles. The van der Waals surface area contributed by atoms with Gasteiger partial charge in [-0.2, -0.15) is 0 Å². The zero-order chi connectivity index (χ0) is 38.3. The van der Waals surface area contributed by atoms with Crippen LogP contribution in [0.2, 0.25) is 5.02 Å². The van der Waals surface area contributed by atoms with Gasteiger partial charge in [-0.1, -0.05) is 90.3 Å². The Morgan fingerprint density at radius 3 is 2.15 bits per heavy atom. The summed E-state index contributed by atoms with van der Waals surface area (Å²) in [6.45, 7) is 23.9. The summed E-state index contributed by atoms with van der Waals surface area (Å²) in [5, 5.41) is 13.9. The van der Waals surface area contributed by atoms with Gasteiger partial charge in [-0.25, -0.2) is 0 Å². The molecule has 288 valence electrons. The van der Waals surface area contributed by atoms with Gasteiger partial charge in [0.2, 0.25) is 0 Å². The summed E-state index contributed by atoms with van der Waals surface area (Å²) in [4.78, 5) is 39.5. The molecule has 6 rings (SSSR count). The second kappa shape index (κ2) is 13.2. The summed E-state index contributed by atoms with van der Waals surface area (Å²) in [5.41, 5.74) is 2.77. The highest BCUT2D eigenvalue weighted by atomic mass is 35.5. The third-order valence-electron chi connectivity index (χ3n) is 17.1. The molecule has 0 amide bonds. The van der Waals surface area contributed by atoms with E-state index in [1.54, 1.807) is 19.4 Å². The fourth-order valence-corrected chi connectivity index (χ4v) is 13.5. The number of carboxylic acid groups (broad SMARTS) is 1. The smallest absolute Gasteiger partial charge is 0.309 e. The van der Waals surface area contributed by atoms with Crippen LogP contribution in [0.1, 0.15) is 145 Å². The van der Waals surface area contributed by atoms with Crippen LogP contribution >= 0.6 is 11.6 Å². The normalized spacial score (nSPS) is 38.2. The summed E-state index contributed by atoms with van der Waals surface area (Å²) in [6, 6.07) is 7.87. The Labute approximate surface area is 318 Å². The van der Waals surface area contributed by atoms with Crippen molar-refractivity contribution >= 4 is 29.3 Å². The zero-order valence-corrected chi connectivity index (χ0v) is 34.5. The molecule has 5 aliphatic rings. The van der Waals surface area contributed by atoms with Crippen LogP contribution in [0.25, 0.3) is 0 Å². The minimum absolute atomic E-state index is 0.0571. The number of allylic oxidation sites excluding steroid dienone is 2. The number of carboxylic acids is 1. The molecule has 0 saturated heterocycles. The summed E-state index contributed by atoms with van der Waals surface area (Å²) in [6.07, 6.45) is 9.92. The predicted octanol–water partition coefficient (Wildman–Crippen LogP) is 10.6. The van der Waals surface area contributed by atoms with Crippen molar-refractivity contribution in [2.75, 3.05) is 6.54 Å². The van der Waals surface area contributed by atoms with E-state index in [4.69, 9.17) is 16.3 Å². The molecule has 0 aliphatic heterocycles. The molecule has 4 saturated carbocycles. The van der Waals surface area contributed by atoms with E-state index < -0.39 is 17.4 Å². The number of nitrogens with one attached hydrogen (secondary N) is 1. The number of ether oxygens (including phenoxy) is 1. The van der Waals surface area contributed by atoms with Crippen LogP contribution in [-0.4, -0.2) is 35.5 Å². The molecule has 1 aromatic rings. The Morgan fingerprint density at radius 2 is 1.52 bits per heavy atom. The number of hydrogen-bond donors (Lipinski definition) is 2. The standard InChI is InChI=1S/C45H66ClNO5/c1-28(2)31-15-22-45(34(48)27-47-26-29-11-13-30(46)14-12-29)24-23-41(7)32(37(31)45)16-20-44(10)42(8)19-18-35(52-36(49)25-39(3,4)38(50)51)40(5,6)33(42)17-21-43(41,44)9/h11-14,28,32-33,35,47H,15-27H2,1-10H3,(H,50,51). The third-order valence-corrected chi connectivity index (χ3v) is 17.3. The van der Waals surface area contributed by atoms with Crippen molar-refractivity contribution in [3.8, 4) is 0 Å². The maximum absolute atomic E-state index is 14.6. The summed E-state index contributed by atoms with van der Waals surface area (Å²) in [5.74, 6) is 0.216. The van der Waals surface area contributed by atoms with E-state index in [0.717, 1.165) is 74.8 Å². The van der Waals surface area contributed by atoms with E-state index in [1.807, 2.05) is 24.3 Å². The second-order valence-corrected chi connectivity index (χ2v) is 20.7. The fraction of sp³-hybridized carbons (Fsp3) is 0.756. The summed E-state index contributed by atoms with van der Waals surface area (Å²) in [7, 11) is 0. The first-order valence-electron chi connectivity index (χ1n) is 20.2. The van der Waals surface area contributed by atoms with Gasteiger partial charge >= 0.3 is 11.9 Å². The number of ketones is 1. The molecule has 2 N–H and O–H groups in total. The van der Waals surface area contributed by atoms with Gasteiger partial charge < -0.3 is 15.2 Å². The van der Waals surface area contributed by atoms with Gasteiger partial charge in [0.05, 0.1) is 23.8 Å². The first-order chi connectivity index (χ1) is 24.1. The molecule has 4 fully saturated rings. The third kappa shape index (κ3) is 5.77. The lowest BCUT2D eigenvalue weighted by Gasteiger charge is -2.76. The van der Waals surface area contributed by atoms with Crippen molar-refractivity contribution in [1.29, 1.82) is 0 Å². The molecular formula is C45H66ClNO5. The lowest BCUT2D eigenvalue weighted by atomic mass is 9.28. The van der Waals surface area contributed by atoms with E-state index in [1.165, 1.54) is 5.57 Å². The fourth-order valence-electron chi connectivity index (χ4n) is 13.4. The Balaban J connectivity index is 1.27. The maximum atomic E-state index is 14.6. The number of aliphatic carboxylic acids is 1. The lowest BCUT2D eigenvalue weighted by molar-refractivity contribution is -0.277. The van der Waals surface area contributed by atoms with E-state index in [2.05, 4.69) is 60.7 Å². The molecule has 7 heteroatoms. The van der Waals surface area contributed by atoms with Crippen molar-refractivity contribution in [2.24, 2.45) is 55.7 Å². The van der Waals surface area contributed by atoms with Crippen molar-refractivity contribution in [2.45, 2.75) is 153 Å². The molecule has 6 nitrogen and oxygen atoms in total. The minimum Gasteiger partial charge on any atom is -0.481 e. The number of fused-ring (bicyclic) bond motifs is 7. The number of carbonyl (C=O) groups is 3. The van der Waals surface area contributed by atoms with Gasteiger partial charge in [-0.3, -0.25) is 14.4 Å². The molecule has 0 radical (unpaired) electrons. The highest BCUT2D eigenvalue weighted by molar-refractivity contribution is 6.30. The number of benzene rings is 1.